The summed E-state index contributed by atoms with van der Waals surface area (Å²) in [6.07, 6.45) is 0. The number of hydrogen-bond acceptors (Lipinski definition) is 7. The molecule has 0 atom stereocenters. The zero-order chi connectivity index (χ0) is 22.7. The van der Waals surface area contributed by atoms with E-state index in [2.05, 4.69) is 20.4 Å². The predicted molar refractivity (Wildman–Crippen MR) is 128 cm³/mol. The van der Waals surface area contributed by atoms with Gasteiger partial charge in [-0.15, -0.1) is 5.10 Å². The average Bonchev–Trinajstić information content (AvgIpc) is 2.74. The van der Waals surface area contributed by atoms with Gasteiger partial charge >= 0.3 is 23.0 Å². The van der Waals surface area contributed by atoms with Crippen LogP contribution in [0.25, 0.3) is 0 Å². The zero-order valence-electron chi connectivity index (χ0n) is 18.3. The zero-order valence-corrected chi connectivity index (χ0v) is 20.9. The van der Waals surface area contributed by atoms with Gasteiger partial charge in [0.15, 0.2) is 0 Å². The SMILES string of the molecule is CCN(CC)/C([S-])=N/N=C(C)/C(=N/N=C(\[S-])N(CC)CC)c1ccc(C(=O)O)cc1.[Cu+2]. The molecule has 0 spiro atoms. The van der Waals surface area contributed by atoms with Gasteiger partial charge in [-0.2, -0.15) is 15.3 Å². The van der Waals surface area contributed by atoms with E-state index in [1.807, 2.05) is 37.5 Å². The normalized spacial score (nSPS) is 12.9. The average molecular weight is 512 g/mol. The number of carbonyl (C=O) groups is 1. The molecule has 0 aromatic heterocycles. The minimum Gasteiger partial charge on any atom is -0.741 e. The Kier molecular flexibility index (Phi) is 13.9. The number of rotatable bonds is 9. The summed E-state index contributed by atoms with van der Waals surface area (Å²) in [5, 5.41) is 26.7. The van der Waals surface area contributed by atoms with Gasteiger partial charge in [-0.1, -0.05) is 12.1 Å². The first-order valence-electron chi connectivity index (χ1n) is 9.74. The van der Waals surface area contributed by atoms with Gasteiger partial charge in [0.1, 0.15) is 5.71 Å². The summed E-state index contributed by atoms with van der Waals surface area (Å²) >= 11 is 10.6. The molecule has 173 valence electrons. The van der Waals surface area contributed by atoms with Gasteiger partial charge in [0.05, 0.1) is 11.3 Å². The van der Waals surface area contributed by atoms with Gasteiger partial charge in [-0.3, -0.25) is 0 Å². The summed E-state index contributed by atoms with van der Waals surface area (Å²) in [6, 6.07) is 6.31. The van der Waals surface area contributed by atoms with Crippen LogP contribution in [0.4, 0.5) is 0 Å². The Balaban J connectivity index is 0.00000900. The van der Waals surface area contributed by atoms with Crippen LogP contribution in [0.5, 0.6) is 0 Å². The van der Waals surface area contributed by atoms with Crippen molar-refractivity contribution in [3.63, 3.8) is 0 Å². The summed E-state index contributed by atoms with van der Waals surface area (Å²) in [6.45, 7) is 12.6. The molecular weight excluding hydrogens is 484 g/mol. The summed E-state index contributed by atoms with van der Waals surface area (Å²) in [7, 11) is 0. The summed E-state index contributed by atoms with van der Waals surface area (Å²) in [5.74, 6) is -1.00. The molecule has 1 radical (unpaired) electrons. The van der Waals surface area contributed by atoms with Crippen LogP contribution in [-0.2, 0) is 42.3 Å². The number of carboxylic acid groups (broad SMARTS) is 1. The third kappa shape index (κ3) is 8.90. The number of hydrogen-bond donors (Lipinski definition) is 1. The maximum Gasteiger partial charge on any atom is 2.00 e. The smallest absolute Gasteiger partial charge is 0.741 e. The van der Waals surface area contributed by atoms with Crippen LogP contribution < -0.4 is 0 Å². The minimum atomic E-state index is -1.00. The summed E-state index contributed by atoms with van der Waals surface area (Å²) in [5.41, 5.74) is 1.75. The largest absolute Gasteiger partial charge is 2.00 e. The van der Waals surface area contributed by atoms with E-state index in [4.69, 9.17) is 30.4 Å². The van der Waals surface area contributed by atoms with E-state index in [1.165, 1.54) is 12.1 Å². The fraction of sp³-hybridized carbons (Fsp3) is 0.450. The third-order valence-corrected chi connectivity index (χ3v) is 5.02. The van der Waals surface area contributed by atoms with Crippen molar-refractivity contribution in [3.05, 3.63) is 35.4 Å². The molecule has 0 aliphatic rings. The second-order valence-corrected chi connectivity index (χ2v) is 6.86. The molecule has 31 heavy (non-hydrogen) atoms. The Labute approximate surface area is 205 Å². The van der Waals surface area contributed by atoms with Crippen molar-refractivity contribution in [1.82, 2.24) is 9.80 Å². The Morgan fingerprint density at radius 1 is 0.806 bits per heavy atom. The van der Waals surface area contributed by atoms with Crippen molar-refractivity contribution in [2.75, 3.05) is 26.2 Å². The molecule has 0 aliphatic heterocycles. The molecule has 0 bridgehead atoms. The summed E-state index contributed by atoms with van der Waals surface area (Å²) in [4.78, 5) is 14.9. The quantitative estimate of drug-likeness (QED) is 0.180. The molecule has 0 saturated heterocycles. The van der Waals surface area contributed by atoms with E-state index >= 15 is 0 Å². The van der Waals surface area contributed by atoms with E-state index in [1.54, 1.807) is 19.1 Å². The van der Waals surface area contributed by atoms with Crippen molar-refractivity contribution in [2.45, 2.75) is 34.6 Å². The molecule has 0 fully saturated rings. The van der Waals surface area contributed by atoms with Gasteiger partial charge in [-0.05, 0) is 46.8 Å². The number of amidine groups is 2. The molecule has 8 nitrogen and oxygen atoms in total. The first-order chi connectivity index (χ1) is 14.3. The van der Waals surface area contributed by atoms with E-state index in [0.717, 1.165) is 26.2 Å². The molecule has 1 aromatic carbocycles. The second kappa shape index (κ2) is 14.9. The van der Waals surface area contributed by atoms with E-state index in [0.29, 0.717) is 27.3 Å². The van der Waals surface area contributed by atoms with Crippen molar-refractivity contribution in [3.8, 4) is 0 Å². The van der Waals surface area contributed by atoms with Crippen molar-refractivity contribution < 1.29 is 27.0 Å². The number of aromatic carboxylic acids is 1. The first kappa shape index (κ1) is 28.9. The first-order valence-corrected chi connectivity index (χ1v) is 10.6. The maximum atomic E-state index is 11.1. The monoisotopic (exact) mass is 511 g/mol. The van der Waals surface area contributed by atoms with Gasteiger partial charge in [0, 0.05) is 42.1 Å². The molecular formula is C20H28CuN6O2S2. The second-order valence-electron chi connectivity index (χ2n) is 6.13. The van der Waals surface area contributed by atoms with Crippen LogP contribution in [0.3, 0.4) is 0 Å². The van der Waals surface area contributed by atoms with E-state index in [9.17, 15) is 4.79 Å². The number of nitrogens with zero attached hydrogens (tertiary/aromatic N) is 6. The van der Waals surface area contributed by atoms with E-state index < -0.39 is 5.97 Å². The topological polar surface area (TPSA) is 93.2 Å². The Bertz CT molecular complexity index is 833. The Hall–Kier alpha value is -2.07. The molecule has 11 heteroatoms. The maximum absolute atomic E-state index is 11.1. The van der Waals surface area contributed by atoms with Gasteiger partial charge in [0.2, 0.25) is 0 Å². The van der Waals surface area contributed by atoms with E-state index in [-0.39, 0.29) is 22.6 Å². The molecule has 1 N–H and O–H groups in total. The van der Waals surface area contributed by atoms with Gasteiger partial charge in [0.25, 0.3) is 0 Å². The Morgan fingerprint density at radius 3 is 1.58 bits per heavy atom. The van der Waals surface area contributed by atoms with Crippen molar-refractivity contribution >= 4 is 53.0 Å². The van der Waals surface area contributed by atoms with Crippen LogP contribution in [0.15, 0.2) is 44.7 Å². The molecule has 0 saturated carbocycles. The predicted octanol–water partition coefficient (Wildman–Crippen LogP) is 2.95. The molecule has 0 heterocycles. The Morgan fingerprint density at radius 2 is 1.19 bits per heavy atom. The van der Waals surface area contributed by atoms with Crippen LogP contribution >= 0.6 is 0 Å². The van der Waals surface area contributed by atoms with Crippen LogP contribution in [0, 0.1) is 0 Å². The van der Waals surface area contributed by atoms with Crippen molar-refractivity contribution in [2.24, 2.45) is 20.4 Å². The summed E-state index contributed by atoms with van der Waals surface area (Å²) < 4.78 is 0. The van der Waals surface area contributed by atoms with Gasteiger partial charge in [-0.25, -0.2) is 4.79 Å². The fourth-order valence-electron chi connectivity index (χ4n) is 2.48. The molecule has 1 aromatic rings. The molecule has 0 amide bonds. The molecule has 1 rings (SSSR count). The van der Waals surface area contributed by atoms with Gasteiger partial charge < -0.3 is 40.2 Å². The van der Waals surface area contributed by atoms with Crippen LogP contribution in [-0.4, -0.2) is 68.8 Å². The molecule has 0 aliphatic carbocycles. The van der Waals surface area contributed by atoms with Crippen LogP contribution in [0.2, 0.25) is 0 Å². The van der Waals surface area contributed by atoms with Crippen LogP contribution in [0.1, 0.15) is 50.5 Å². The van der Waals surface area contributed by atoms with Crippen molar-refractivity contribution in [1.29, 1.82) is 0 Å². The molecule has 0 unspecified atom stereocenters. The number of benzene rings is 1. The standard InChI is InChI=1S/C20H30N6O2S2.Cu/c1-6-25(7-2)19(29)23-21-14(5)17(22-24-20(30)26(8-3)9-4)15-10-12-16(13-11-15)18(27)28;/h10-13H,6-9H2,1-5H3,(H,23,29)(H,24,30)(H,27,28);/q;+2/p-2/b21-14+,22-17-;. The number of carboxylic acids is 1. The minimum absolute atomic E-state index is 0. The third-order valence-electron chi connectivity index (χ3n) is 4.34. The fourth-order valence-corrected chi connectivity index (χ4v) is 3.08.